The first-order chi connectivity index (χ1) is 6.24. The van der Waals surface area contributed by atoms with Crippen molar-refractivity contribution >= 4 is 11.4 Å². The molecule has 0 aliphatic rings. The predicted molar refractivity (Wildman–Crippen MR) is 54.3 cm³/mol. The maximum atomic E-state index is 8.33. The van der Waals surface area contributed by atoms with Crippen molar-refractivity contribution in [3.05, 3.63) is 23.8 Å². The fourth-order valence-electron chi connectivity index (χ4n) is 1.01. The normalized spacial score (nSPS) is 9.23. The Morgan fingerprint density at radius 2 is 2.31 bits per heavy atom. The summed E-state index contributed by atoms with van der Waals surface area (Å²) in [6, 6.07) is 7.88. The van der Waals surface area contributed by atoms with Gasteiger partial charge in [-0.2, -0.15) is 5.26 Å². The zero-order chi connectivity index (χ0) is 9.68. The molecular weight excluding hydrogens is 162 g/mol. The summed E-state index contributed by atoms with van der Waals surface area (Å²) in [5.41, 5.74) is 8.54. The summed E-state index contributed by atoms with van der Waals surface area (Å²) in [6.45, 7) is 2.63. The van der Waals surface area contributed by atoms with Crippen molar-refractivity contribution in [2.75, 3.05) is 17.6 Å². The Morgan fingerprint density at radius 1 is 1.54 bits per heavy atom. The minimum Gasteiger partial charge on any atom is -0.398 e. The van der Waals surface area contributed by atoms with Crippen LogP contribution in [0, 0.1) is 18.3 Å². The molecule has 0 spiro atoms. The van der Waals surface area contributed by atoms with Crippen molar-refractivity contribution in [1.29, 1.82) is 5.26 Å². The van der Waals surface area contributed by atoms with E-state index in [2.05, 4.69) is 11.4 Å². The van der Waals surface area contributed by atoms with Crippen LogP contribution in [0.25, 0.3) is 0 Å². The van der Waals surface area contributed by atoms with Crippen LogP contribution in [0.2, 0.25) is 0 Å². The van der Waals surface area contributed by atoms with Gasteiger partial charge in [-0.25, -0.2) is 0 Å². The fraction of sp³-hybridized carbons (Fsp3) is 0.300. The van der Waals surface area contributed by atoms with Gasteiger partial charge in [-0.15, -0.1) is 0 Å². The smallest absolute Gasteiger partial charge is 0.0640 e. The van der Waals surface area contributed by atoms with Gasteiger partial charge in [-0.05, 0) is 24.6 Å². The average molecular weight is 175 g/mol. The number of nitrogens with two attached hydrogens (primary N) is 1. The molecule has 13 heavy (non-hydrogen) atoms. The maximum absolute atomic E-state index is 8.33. The van der Waals surface area contributed by atoms with Gasteiger partial charge in [0.25, 0.3) is 0 Å². The van der Waals surface area contributed by atoms with Crippen LogP contribution in [0.15, 0.2) is 18.2 Å². The second kappa shape index (κ2) is 4.36. The molecule has 1 rings (SSSR count). The highest BCUT2D eigenvalue weighted by Gasteiger charge is 1.95. The van der Waals surface area contributed by atoms with Gasteiger partial charge >= 0.3 is 0 Å². The second-order valence-corrected chi connectivity index (χ2v) is 2.91. The third-order valence-corrected chi connectivity index (χ3v) is 1.85. The van der Waals surface area contributed by atoms with Crippen molar-refractivity contribution in [3.8, 4) is 6.07 Å². The van der Waals surface area contributed by atoms with Crippen LogP contribution in [-0.2, 0) is 0 Å². The number of nitrogen functional groups attached to an aromatic ring is 1. The number of anilines is 2. The van der Waals surface area contributed by atoms with Crippen molar-refractivity contribution in [1.82, 2.24) is 0 Å². The molecule has 0 aliphatic heterocycles. The van der Waals surface area contributed by atoms with E-state index in [1.165, 1.54) is 0 Å². The van der Waals surface area contributed by atoms with Crippen LogP contribution in [0.4, 0.5) is 11.4 Å². The third-order valence-electron chi connectivity index (χ3n) is 1.85. The second-order valence-electron chi connectivity index (χ2n) is 2.91. The molecule has 1 aromatic rings. The number of nitrogens with one attached hydrogen (secondary N) is 1. The first kappa shape index (κ1) is 9.40. The number of hydrogen-bond donors (Lipinski definition) is 2. The molecule has 0 amide bonds. The quantitative estimate of drug-likeness (QED) is 0.544. The first-order valence-electron chi connectivity index (χ1n) is 4.21. The van der Waals surface area contributed by atoms with Gasteiger partial charge in [0.05, 0.1) is 12.5 Å². The molecule has 0 fully saturated rings. The highest BCUT2D eigenvalue weighted by atomic mass is 14.9. The lowest BCUT2D eigenvalue weighted by Gasteiger charge is -2.06. The molecule has 0 atom stereocenters. The van der Waals surface area contributed by atoms with E-state index in [4.69, 9.17) is 11.0 Å². The Bertz CT molecular complexity index is 325. The molecule has 68 valence electrons. The van der Waals surface area contributed by atoms with Crippen LogP contribution in [0.3, 0.4) is 0 Å². The Labute approximate surface area is 78.2 Å². The van der Waals surface area contributed by atoms with Gasteiger partial charge < -0.3 is 11.1 Å². The topological polar surface area (TPSA) is 61.8 Å². The Morgan fingerprint density at radius 3 is 2.92 bits per heavy atom. The van der Waals surface area contributed by atoms with E-state index in [0.29, 0.717) is 13.0 Å². The minimum atomic E-state index is 0.508. The number of nitrogens with zero attached hydrogens (tertiary/aromatic N) is 1. The summed E-state index contributed by atoms with van der Waals surface area (Å²) in [5.74, 6) is 0. The molecule has 0 saturated carbocycles. The lowest BCUT2D eigenvalue weighted by molar-refractivity contribution is 1.08. The zero-order valence-corrected chi connectivity index (χ0v) is 7.67. The van der Waals surface area contributed by atoms with E-state index in [9.17, 15) is 0 Å². The number of aryl methyl sites for hydroxylation is 1. The van der Waals surface area contributed by atoms with E-state index < -0.39 is 0 Å². The summed E-state index contributed by atoms with van der Waals surface area (Å²) < 4.78 is 0. The molecule has 3 heteroatoms. The van der Waals surface area contributed by atoms with Crippen molar-refractivity contribution in [2.45, 2.75) is 13.3 Å². The van der Waals surface area contributed by atoms with Gasteiger partial charge in [0, 0.05) is 17.9 Å². The Balaban J connectivity index is 2.59. The molecule has 1 aromatic carbocycles. The predicted octanol–water partition coefficient (Wildman–Crippen LogP) is 1.90. The monoisotopic (exact) mass is 175 g/mol. The number of hydrogen-bond acceptors (Lipinski definition) is 3. The van der Waals surface area contributed by atoms with Crippen LogP contribution in [-0.4, -0.2) is 6.54 Å². The van der Waals surface area contributed by atoms with Crippen LogP contribution in [0.1, 0.15) is 12.0 Å². The van der Waals surface area contributed by atoms with Gasteiger partial charge in [-0.1, -0.05) is 6.07 Å². The average Bonchev–Trinajstić information content (AvgIpc) is 2.12. The van der Waals surface area contributed by atoms with E-state index in [0.717, 1.165) is 16.9 Å². The SMILES string of the molecule is Cc1ccc(NCCC#N)cc1N. The van der Waals surface area contributed by atoms with Crippen molar-refractivity contribution < 1.29 is 0 Å². The molecule has 3 nitrogen and oxygen atoms in total. The lowest BCUT2D eigenvalue weighted by Crippen LogP contribution is -2.01. The van der Waals surface area contributed by atoms with Crippen molar-refractivity contribution in [2.24, 2.45) is 0 Å². The van der Waals surface area contributed by atoms with E-state index >= 15 is 0 Å². The molecule has 0 aliphatic carbocycles. The van der Waals surface area contributed by atoms with Gasteiger partial charge in [0.1, 0.15) is 0 Å². The molecule has 0 aromatic heterocycles. The first-order valence-corrected chi connectivity index (χ1v) is 4.21. The van der Waals surface area contributed by atoms with E-state index in [1.807, 2.05) is 25.1 Å². The molecule has 3 N–H and O–H groups in total. The van der Waals surface area contributed by atoms with Crippen LogP contribution < -0.4 is 11.1 Å². The van der Waals surface area contributed by atoms with Crippen molar-refractivity contribution in [3.63, 3.8) is 0 Å². The lowest BCUT2D eigenvalue weighted by atomic mass is 10.2. The highest BCUT2D eigenvalue weighted by molar-refractivity contribution is 5.58. The molecule has 0 bridgehead atoms. The van der Waals surface area contributed by atoms with E-state index in [-0.39, 0.29) is 0 Å². The molecule has 0 saturated heterocycles. The highest BCUT2D eigenvalue weighted by Crippen LogP contribution is 2.16. The minimum absolute atomic E-state index is 0.508. The van der Waals surface area contributed by atoms with Crippen LogP contribution in [0.5, 0.6) is 0 Å². The summed E-state index contributed by atoms with van der Waals surface area (Å²) in [5, 5.41) is 11.4. The summed E-state index contributed by atoms with van der Waals surface area (Å²) >= 11 is 0. The summed E-state index contributed by atoms with van der Waals surface area (Å²) in [7, 11) is 0. The third kappa shape index (κ3) is 2.68. The maximum Gasteiger partial charge on any atom is 0.0640 e. The van der Waals surface area contributed by atoms with Crippen LogP contribution >= 0.6 is 0 Å². The summed E-state index contributed by atoms with van der Waals surface area (Å²) in [6.07, 6.45) is 0.508. The number of rotatable bonds is 3. The molecular formula is C10H13N3. The molecule has 0 unspecified atom stereocenters. The summed E-state index contributed by atoms with van der Waals surface area (Å²) in [4.78, 5) is 0. The van der Waals surface area contributed by atoms with E-state index in [1.54, 1.807) is 0 Å². The van der Waals surface area contributed by atoms with Gasteiger partial charge in [-0.3, -0.25) is 0 Å². The standard InChI is InChI=1S/C10H13N3/c1-8-3-4-9(7-10(8)12)13-6-2-5-11/h3-4,7,13H,2,6,12H2,1H3. The molecule has 0 heterocycles. The fourth-order valence-corrected chi connectivity index (χ4v) is 1.01. The number of benzene rings is 1. The Kier molecular flexibility index (Phi) is 3.15. The zero-order valence-electron chi connectivity index (χ0n) is 7.67. The Hall–Kier alpha value is -1.69. The molecule has 0 radical (unpaired) electrons. The largest absolute Gasteiger partial charge is 0.398 e. The van der Waals surface area contributed by atoms with Gasteiger partial charge in [0.2, 0.25) is 0 Å². The van der Waals surface area contributed by atoms with Gasteiger partial charge in [0.15, 0.2) is 0 Å². The number of nitriles is 1.